The number of para-hydroxylation sites is 1. The third-order valence-corrected chi connectivity index (χ3v) is 6.20. The Morgan fingerprint density at radius 1 is 1.13 bits per heavy atom. The van der Waals surface area contributed by atoms with Gasteiger partial charge in [-0.25, -0.2) is 4.98 Å². The number of fused-ring (bicyclic) bond motifs is 1. The number of rotatable bonds is 6. The first-order valence-corrected chi connectivity index (χ1v) is 11.3. The number of ether oxygens (including phenoxy) is 1. The number of carbonyl (C=O) groups is 1. The van der Waals surface area contributed by atoms with Crippen LogP contribution < -0.4 is 5.56 Å². The van der Waals surface area contributed by atoms with Gasteiger partial charge < -0.3 is 9.64 Å². The Morgan fingerprint density at radius 3 is 2.73 bits per heavy atom. The minimum Gasteiger partial charge on any atom is -0.378 e. The topological polar surface area (TPSA) is 64.4 Å². The van der Waals surface area contributed by atoms with Crippen LogP contribution in [0.3, 0.4) is 0 Å². The maximum atomic E-state index is 13.2. The molecule has 0 aliphatic carbocycles. The van der Waals surface area contributed by atoms with Gasteiger partial charge in [0, 0.05) is 30.3 Å². The molecular weight excluding hydrogens is 422 g/mol. The van der Waals surface area contributed by atoms with Crippen LogP contribution in [0.1, 0.15) is 12.8 Å². The van der Waals surface area contributed by atoms with Crippen molar-refractivity contribution in [2.45, 2.75) is 18.0 Å². The highest BCUT2D eigenvalue weighted by Crippen LogP contribution is 2.24. The minimum absolute atomic E-state index is 0.130. The molecular formula is C22H22ClN3O3S. The van der Waals surface area contributed by atoms with Gasteiger partial charge in [0.2, 0.25) is 5.91 Å². The van der Waals surface area contributed by atoms with Gasteiger partial charge in [-0.05, 0) is 36.8 Å². The van der Waals surface area contributed by atoms with Crippen molar-refractivity contribution in [3.05, 3.63) is 63.9 Å². The lowest BCUT2D eigenvalue weighted by Crippen LogP contribution is -2.40. The molecule has 0 bridgehead atoms. The monoisotopic (exact) mass is 443 g/mol. The van der Waals surface area contributed by atoms with Crippen molar-refractivity contribution >= 4 is 40.2 Å². The molecule has 0 saturated carbocycles. The van der Waals surface area contributed by atoms with Gasteiger partial charge in [-0.15, -0.1) is 0 Å². The summed E-state index contributed by atoms with van der Waals surface area (Å²) < 4.78 is 6.90. The third-order valence-electron chi connectivity index (χ3n) is 4.94. The van der Waals surface area contributed by atoms with E-state index in [2.05, 4.69) is 0 Å². The summed E-state index contributed by atoms with van der Waals surface area (Å²) >= 11 is 7.64. The first-order valence-electron chi connectivity index (χ1n) is 9.89. The van der Waals surface area contributed by atoms with E-state index in [9.17, 15) is 9.59 Å². The van der Waals surface area contributed by atoms with Crippen molar-refractivity contribution in [2.24, 2.45) is 0 Å². The number of benzene rings is 2. The van der Waals surface area contributed by atoms with E-state index in [0.717, 1.165) is 0 Å². The Bertz CT molecular complexity index is 1110. The highest BCUT2D eigenvalue weighted by Gasteiger charge is 2.17. The second-order valence-electron chi connectivity index (χ2n) is 6.98. The number of aromatic nitrogens is 2. The van der Waals surface area contributed by atoms with Gasteiger partial charge in [0.1, 0.15) is 0 Å². The molecule has 3 aromatic rings. The second kappa shape index (κ2) is 9.64. The Balaban J connectivity index is 1.54. The van der Waals surface area contributed by atoms with Crippen molar-refractivity contribution < 1.29 is 9.53 Å². The molecule has 1 aliphatic rings. The molecule has 30 heavy (non-hydrogen) atoms. The van der Waals surface area contributed by atoms with Crippen molar-refractivity contribution in [1.29, 1.82) is 0 Å². The minimum atomic E-state index is -0.130. The number of nitrogens with zero attached hydrogens (tertiary/aromatic N) is 3. The van der Waals surface area contributed by atoms with Crippen molar-refractivity contribution in [2.75, 3.05) is 32.1 Å². The molecule has 0 radical (unpaired) electrons. The number of halogens is 1. The van der Waals surface area contributed by atoms with Crippen LogP contribution >= 0.6 is 23.4 Å². The molecule has 6 nitrogen and oxygen atoms in total. The summed E-state index contributed by atoms with van der Waals surface area (Å²) in [6.45, 7) is 2.53. The molecule has 8 heteroatoms. The lowest BCUT2D eigenvalue weighted by Gasteiger charge is -2.26. The zero-order valence-electron chi connectivity index (χ0n) is 16.4. The lowest BCUT2D eigenvalue weighted by molar-refractivity contribution is -0.135. The van der Waals surface area contributed by atoms with Crippen LogP contribution in [-0.4, -0.2) is 52.4 Å². The molecule has 1 fully saturated rings. The van der Waals surface area contributed by atoms with E-state index in [0.29, 0.717) is 71.7 Å². The van der Waals surface area contributed by atoms with E-state index < -0.39 is 0 Å². The molecule has 156 valence electrons. The molecule has 0 atom stereocenters. The quantitative estimate of drug-likeness (QED) is 0.329. The first-order chi connectivity index (χ1) is 14.6. The molecule has 0 spiro atoms. The van der Waals surface area contributed by atoms with Gasteiger partial charge in [-0.2, -0.15) is 0 Å². The average molecular weight is 444 g/mol. The molecule has 2 heterocycles. The van der Waals surface area contributed by atoms with Crippen LogP contribution in [-0.2, 0) is 9.53 Å². The van der Waals surface area contributed by atoms with E-state index in [1.165, 1.54) is 11.8 Å². The van der Waals surface area contributed by atoms with Crippen LogP contribution in [0.25, 0.3) is 16.6 Å². The number of hydrogen-bond donors (Lipinski definition) is 0. The number of hydrogen-bond acceptors (Lipinski definition) is 5. The summed E-state index contributed by atoms with van der Waals surface area (Å²) in [5.41, 5.74) is 1.21. The molecule has 4 rings (SSSR count). The van der Waals surface area contributed by atoms with Crippen LogP contribution in [0.4, 0.5) is 0 Å². The molecule has 1 amide bonds. The summed E-state index contributed by atoms with van der Waals surface area (Å²) in [4.78, 5) is 32.1. The third kappa shape index (κ3) is 4.69. The Hall–Kier alpha value is -2.35. The molecule has 0 N–H and O–H groups in total. The fourth-order valence-corrected chi connectivity index (χ4v) is 4.55. The van der Waals surface area contributed by atoms with Crippen molar-refractivity contribution in [3.8, 4) is 5.69 Å². The van der Waals surface area contributed by atoms with Gasteiger partial charge in [-0.3, -0.25) is 14.2 Å². The first kappa shape index (κ1) is 20.9. The highest BCUT2D eigenvalue weighted by molar-refractivity contribution is 7.99. The summed E-state index contributed by atoms with van der Waals surface area (Å²) in [6.07, 6.45) is 1.18. The summed E-state index contributed by atoms with van der Waals surface area (Å²) in [5.74, 6) is 0.833. The summed E-state index contributed by atoms with van der Waals surface area (Å²) in [7, 11) is 0. The maximum Gasteiger partial charge on any atom is 0.266 e. The normalized spacial score (nSPS) is 14.2. The predicted molar refractivity (Wildman–Crippen MR) is 120 cm³/mol. The molecule has 1 aromatic heterocycles. The van der Waals surface area contributed by atoms with Crippen LogP contribution in [0.15, 0.2) is 58.5 Å². The van der Waals surface area contributed by atoms with Gasteiger partial charge in [-0.1, -0.05) is 41.6 Å². The van der Waals surface area contributed by atoms with E-state index in [-0.39, 0.29) is 11.5 Å². The molecule has 0 unspecified atom stereocenters. The predicted octanol–water partition coefficient (Wildman–Crippen LogP) is 3.77. The number of morpholine rings is 1. The van der Waals surface area contributed by atoms with Crippen LogP contribution in [0.5, 0.6) is 0 Å². The van der Waals surface area contributed by atoms with Crippen LogP contribution in [0, 0.1) is 0 Å². The average Bonchev–Trinajstić information content (AvgIpc) is 2.77. The molecule has 1 saturated heterocycles. The fourth-order valence-electron chi connectivity index (χ4n) is 3.41. The molecule has 2 aromatic carbocycles. The zero-order chi connectivity index (χ0) is 20.9. The smallest absolute Gasteiger partial charge is 0.266 e. The summed E-state index contributed by atoms with van der Waals surface area (Å²) in [6, 6.07) is 14.5. The number of amides is 1. The van der Waals surface area contributed by atoms with E-state index in [4.69, 9.17) is 21.3 Å². The SMILES string of the molecule is O=C(CCCSc1nc2ccccc2c(=O)n1-c1cccc(Cl)c1)N1CCOCC1. The largest absolute Gasteiger partial charge is 0.378 e. The van der Waals surface area contributed by atoms with E-state index >= 15 is 0 Å². The van der Waals surface area contributed by atoms with Crippen molar-refractivity contribution in [1.82, 2.24) is 14.5 Å². The maximum absolute atomic E-state index is 13.2. The fraction of sp³-hybridized carbons (Fsp3) is 0.318. The van der Waals surface area contributed by atoms with E-state index in [1.807, 2.05) is 35.2 Å². The number of carbonyl (C=O) groups excluding carboxylic acids is 1. The van der Waals surface area contributed by atoms with Gasteiger partial charge >= 0.3 is 0 Å². The van der Waals surface area contributed by atoms with Gasteiger partial charge in [0.15, 0.2) is 5.16 Å². The highest BCUT2D eigenvalue weighted by atomic mass is 35.5. The summed E-state index contributed by atoms with van der Waals surface area (Å²) in [5, 5.41) is 1.71. The van der Waals surface area contributed by atoms with Gasteiger partial charge in [0.25, 0.3) is 5.56 Å². The van der Waals surface area contributed by atoms with Crippen molar-refractivity contribution in [3.63, 3.8) is 0 Å². The van der Waals surface area contributed by atoms with Gasteiger partial charge in [0.05, 0.1) is 29.8 Å². The lowest BCUT2D eigenvalue weighted by atomic mass is 10.2. The Labute approximate surface area is 183 Å². The molecule has 1 aliphatic heterocycles. The van der Waals surface area contributed by atoms with E-state index in [1.54, 1.807) is 22.8 Å². The van der Waals surface area contributed by atoms with Crippen LogP contribution in [0.2, 0.25) is 5.02 Å². The standard InChI is InChI=1S/C22H22ClN3O3S/c23-16-5-3-6-17(15-16)26-21(28)18-7-1-2-8-19(18)24-22(26)30-14-4-9-20(27)25-10-12-29-13-11-25/h1-3,5-8,15H,4,9-14H2. The Morgan fingerprint density at radius 2 is 1.93 bits per heavy atom. The Kier molecular flexibility index (Phi) is 6.72. The number of thioether (sulfide) groups is 1. The zero-order valence-corrected chi connectivity index (χ0v) is 18.0. The second-order valence-corrected chi connectivity index (χ2v) is 8.48.